The minimum atomic E-state index is -4.75. The first-order valence-electron chi connectivity index (χ1n) is 8.42. The number of oxime groups is 1. The minimum absolute atomic E-state index is 0.0408. The van der Waals surface area contributed by atoms with E-state index in [0.29, 0.717) is 0 Å². The van der Waals surface area contributed by atoms with E-state index >= 15 is 0 Å². The number of aryl methyl sites for hydroxylation is 1. The minimum Gasteiger partial charge on any atom is -0.382 e. The molecule has 30 heavy (non-hydrogen) atoms. The number of carbonyl (C=O) groups excluding carboxylic acids is 1. The van der Waals surface area contributed by atoms with Crippen LogP contribution in [0.2, 0.25) is 0 Å². The molecule has 0 fully saturated rings. The second-order valence-electron chi connectivity index (χ2n) is 6.38. The second kappa shape index (κ2) is 7.00. The molecule has 1 atom stereocenters. The number of carbonyl (C=O) groups is 1. The summed E-state index contributed by atoms with van der Waals surface area (Å²) in [5, 5.41) is 9.35. The van der Waals surface area contributed by atoms with Crippen LogP contribution >= 0.6 is 0 Å². The van der Waals surface area contributed by atoms with Gasteiger partial charge in [-0.25, -0.2) is 13.3 Å². The number of nitrogens with one attached hydrogen (secondary N) is 1. The summed E-state index contributed by atoms with van der Waals surface area (Å²) in [6.45, 7) is 1.46. The number of amides is 1. The molecule has 1 aliphatic rings. The monoisotopic (exact) mass is 426 g/mol. The molecule has 1 unspecified atom stereocenters. The molecular formula is C17H11F5N6O2. The largest absolute Gasteiger partial charge is 0.453 e. The summed E-state index contributed by atoms with van der Waals surface area (Å²) in [7, 11) is 0. The Labute approximate surface area is 164 Å². The number of nitrogens with zero attached hydrogens (tertiary/aromatic N) is 5. The zero-order valence-electron chi connectivity index (χ0n) is 15.0. The predicted molar refractivity (Wildman–Crippen MR) is 91.5 cm³/mol. The van der Waals surface area contributed by atoms with Gasteiger partial charge in [0.1, 0.15) is 17.5 Å². The highest BCUT2D eigenvalue weighted by Crippen LogP contribution is 2.27. The van der Waals surface area contributed by atoms with Crippen LogP contribution in [0.5, 0.6) is 0 Å². The van der Waals surface area contributed by atoms with Gasteiger partial charge in [-0.3, -0.25) is 4.79 Å². The fraction of sp³-hybridized carbons (Fsp3) is 0.235. The number of hydrogen-bond donors (Lipinski definition) is 1. The van der Waals surface area contributed by atoms with Gasteiger partial charge in [-0.1, -0.05) is 5.16 Å². The topological polar surface area (TPSA) is 93.8 Å². The summed E-state index contributed by atoms with van der Waals surface area (Å²) in [5.41, 5.74) is 0.146. The van der Waals surface area contributed by atoms with Crippen LogP contribution in [0.4, 0.5) is 27.8 Å². The van der Waals surface area contributed by atoms with Gasteiger partial charge in [-0.05, 0) is 25.1 Å². The second-order valence-corrected chi connectivity index (χ2v) is 6.38. The maximum absolute atomic E-state index is 13.9. The lowest BCUT2D eigenvalue weighted by molar-refractivity contribution is -0.144. The zero-order chi connectivity index (χ0) is 21.6. The van der Waals surface area contributed by atoms with Gasteiger partial charge >= 0.3 is 6.18 Å². The highest BCUT2D eigenvalue weighted by Gasteiger charge is 2.37. The van der Waals surface area contributed by atoms with Crippen LogP contribution in [0.3, 0.4) is 0 Å². The van der Waals surface area contributed by atoms with Gasteiger partial charge in [0.15, 0.2) is 0 Å². The number of fused-ring (bicyclic) bond motifs is 1. The van der Waals surface area contributed by atoms with E-state index in [2.05, 4.69) is 25.5 Å². The van der Waals surface area contributed by atoms with E-state index < -0.39 is 35.6 Å². The summed E-state index contributed by atoms with van der Waals surface area (Å²) in [6, 6.07) is 4.09. The highest BCUT2D eigenvalue weighted by molar-refractivity contribution is 6.06. The Morgan fingerprint density at radius 2 is 2.00 bits per heavy atom. The molecule has 8 nitrogen and oxygen atoms in total. The Morgan fingerprint density at radius 3 is 2.73 bits per heavy atom. The first-order chi connectivity index (χ1) is 14.1. The zero-order valence-corrected chi connectivity index (χ0v) is 15.0. The Hall–Kier alpha value is -3.64. The SMILES string of the molecule is Cc1cc(NC(=O)C2CC(c3cc(F)ccc3F)=NO2)nc2nc(C(F)(F)F)nn12. The van der Waals surface area contributed by atoms with Gasteiger partial charge in [0.05, 0.1) is 5.71 Å². The lowest BCUT2D eigenvalue weighted by Crippen LogP contribution is -2.28. The Kier molecular flexibility index (Phi) is 4.59. The van der Waals surface area contributed by atoms with Crippen LogP contribution < -0.4 is 5.32 Å². The molecule has 0 spiro atoms. The molecule has 3 heterocycles. The van der Waals surface area contributed by atoms with Crippen molar-refractivity contribution in [3.05, 3.63) is 53.0 Å². The molecule has 1 aliphatic heterocycles. The molecule has 1 aromatic carbocycles. The van der Waals surface area contributed by atoms with Crippen molar-refractivity contribution in [1.29, 1.82) is 0 Å². The lowest BCUT2D eigenvalue weighted by Gasteiger charge is -2.09. The first kappa shape index (κ1) is 19.7. The Bertz CT molecular complexity index is 1190. The average Bonchev–Trinajstić information content (AvgIpc) is 3.31. The molecule has 0 saturated carbocycles. The molecule has 1 amide bonds. The fourth-order valence-corrected chi connectivity index (χ4v) is 2.80. The van der Waals surface area contributed by atoms with E-state index in [9.17, 15) is 26.7 Å². The molecule has 156 valence electrons. The molecule has 13 heteroatoms. The van der Waals surface area contributed by atoms with Gasteiger partial charge in [-0.2, -0.15) is 23.1 Å². The summed E-state index contributed by atoms with van der Waals surface area (Å²) < 4.78 is 66.5. The molecule has 0 bridgehead atoms. The average molecular weight is 426 g/mol. The number of halogens is 5. The summed E-state index contributed by atoms with van der Waals surface area (Å²) in [6.07, 6.45) is -6.05. The van der Waals surface area contributed by atoms with Gasteiger partial charge in [0.2, 0.25) is 6.10 Å². The van der Waals surface area contributed by atoms with E-state index in [-0.39, 0.29) is 35.0 Å². The molecule has 1 N–H and O–H groups in total. The number of anilines is 1. The third-order valence-electron chi connectivity index (χ3n) is 4.20. The van der Waals surface area contributed by atoms with Crippen molar-refractivity contribution in [2.75, 3.05) is 5.32 Å². The molecule has 0 saturated heterocycles. The van der Waals surface area contributed by atoms with E-state index in [1.165, 1.54) is 13.0 Å². The number of rotatable bonds is 3. The van der Waals surface area contributed by atoms with Crippen molar-refractivity contribution in [2.24, 2.45) is 5.16 Å². The van der Waals surface area contributed by atoms with E-state index in [1.54, 1.807) is 0 Å². The van der Waals surface area contributed by atoms with Crippen molar-refractivity contribution in [1.82, 2.24) is 19.6 Å². The Balaban J connectivity index is 1.51. The van der Waals surface area contributed by atoms with Gasteiger partial charge < -0.3 is 10.2 Å². The number of benzene rings is 1. The molecule has 0 aliphatic carbocycles. The number of alkyl halides is 3. The third kappa shape index (κ3) is 3.65. The van der Waals surface area contributed by atoms with Crippen molar-refractivity contribution in [2.45, 2.75) is 25.6 Å². The molecular weight excluding hydrogens is 415 g/mol. The van der Waals surface area contributed by atoms with Crippen LogP contribution in [0.15, 0.2) is 29.4 Å². The maximum Gasteiger partial charge on any atom is 0.453 e. The number of aromatic nitrogens is 4. The highest BCUT2D eigenvalue weighted by atomic mass is 19.4. The summed E-state index contributed by atoms with van der Waals surface area (Å²) in [5.74, 6) is -3.94. The fourth-order valence-electron chi connectivity index (χ4n) is 2.80. The van der Waals surface area contributed by atoms with Crippen LogP contribution in [0.25, 0.3) is 5.78 Å². The predicted octanol–water partition coefficient (Wildman–Crippen LogP) is 2.86. The van der Waals surface area contributed by atoms with Crippen LogP contribution in [-0.2, 0) is 15.8 Å². The molecule has 3 aromatic rings. The summed E-state index contributed by atoms with van der Waals surface area (Å²) in [4.78, 5) is 24.6. The van der Waals surface area contributed by atoms with Gasteiger partial charge in [0, 0.05) is 23.7 Å². The normalized spacial score (nSPS) is 16.5. The maximum atomic E-state index is 13.9. The lowest BCUT2D eigenvalue weighted by atomic mass is 10.0. The molecule has 4 rings (SSSR count). The van der Waals surface area contributed by atoms with Crippen molar-refractivity contribution >= 4 is 23.2 Å². The quantitative estimate of drug-likeness (QED) is 0.650. The first-order valence-corrected chi connectivity index (χ1v) is 8.42. The molecule has 0 radical (unpaired) electrons. The van der Waals surface area contributed by atoms with Crippen molar-refractivity contribution < 1.29 is 31.6 Å². The third-order valence-corrected chi connectivity index (χ3v) is 4.20. The van der Waals surface area contributed by atoms with Gasteiger partial charge in [0.25, 0.3) is 17.5 Å². The van der Waals surface area contributed by atoms with E-state index in [1.807, 2.05) is 0 Å². The number of hydrogen-bond acceptors (Lipinski definition) is 6. The van der Waals surface area contributed by atoms with Crippen LogP contribution in [0, 0.1) is 18.6 Å². The summed E-state index contributed by atoms with van der Waals surface area (Å²) >= 11 is 0. The van der Waals surface area contributed by atoms with Crippen LogP contribution in [-0.4, -0.2) is 37.3 Å². The Morgan fingerprint density at radius 1 is 1.23 bits per heavy atom. The smallest absolute Gasteiger partial charge is 0.382 e. The van der Waals surface area contributed by atoms with Crippen molar-refractivity contribution in [3.63, 3.8) is 0 Å². The van der Waals surface area contributed by atoms with E-state index in [0.717, 1.165) is 22.7 Å². The standard InChI is InChI=1S/C17H11F5N6O2/c1-7-4-13(24-16-25-15(17(20,21)22)26-28(7)16)23-14(29)12-6-11(27-30-12)9-5-8(18)2-3-10(9)19/h2-5,12H,6H2,1H3,(H,23,24,25,26,29). The van der Waals surface area contributed by atoms with Crippen molar-refractivity contribution in [3.8, 4) is 0 Å². The van der Waals surface area contributed by atoms with Crippen LogP contribution in [0.1, 0.15) is 23.5 Å². The van der Waals surface area contributed by atoms with Gasteiger partial charge in [-0.15, -0.1) is 5.10 Å². The van der Waals surface area contributed by atoms with E-state index in [4.69, 9.17) is 4.84 Å². The molecule has 2 aromatic heterocycles.